The molecule has 4 heteroatoms. The number of hydrogen-bond acceptors (Lipinski definition) is 3. The van der Waals surface area contributed by atoms with Gasteiger partial charge >= 0.3 is 0 Å². The van der Waals surface area contributed by atoms with Crippen LogP contribution in [0, 0.1) is 0 Å². The highest BCUT2D eigenvalue weighted by atomic mass is 15.3. The van der Waals surface area contributed by atoms with Crippen molar-refractivity contribution in [2.24, 2.45) is 0 Å². The van der Waals surface area contributed by atoms with Gasteiger partial charge in [0, 0.05) is 6.04 Å². The second-order valence-corrected chi connectivity index (χ2v) is 3.98. The summed E-state index contributed by atoms with van der Waals surface area (Å²) >= 11 is 0. The minimum Gasteiger partial charge on any atom is -0.313 e. The summed E-state index contributed by atoms with van der Waals surface area (Å²) in [6.45, 7) is 0.816. The summed E-state index contributed by atoms with van der Waals surface area (Å²) in [5.74, 6) is 1.07. The first-order valence-electron chi connectivity index (χ1n) is 5.45. The third-order valence-corrected chi connectivity index (χ3v) is 2.95. The van der Waals surface area contributed by atoms with Crippen LogP contribution in [0.1, 0.15) is 44.0 Å². The highest BCUT2D eigenvalue weighted by Crippen LogP contribution is 2.28. The molecule has 1 aromatic heterocycles. The van der Waals surface area contributed by atoms with Gasteiger partial charge < -0.3 is 9.88 Å². The average Bonchev–Trinajstić information content (AvgIpc) is 2.68. The third kappa shape index (κ3) is 1.95. The van der Waals surface area contributed by atoms with E-state index in [0.29, 0.717) is 6.04 Å². The Morgan fingerprint density at radius 3 is 2.93 bits per heavy atom. The molecule has 1 aromatic rings. The van der Waals surface area contributed by atoms with E-state index in [9.17, 15) is 0 Å². The lowest BCUT2D eigenvalue weighted by molar-refractivity contribution is 0.344. The van der Waals surface area contributed by atoms with Gasteiger partial charge in [0.05, 0.1) is 6.54 Å². The highest BCUT2D eigenvalue weighted by Gasteiger charge is 2.17. The van der Waals surface area contributed by atoms with Gasteiger partial charge in [-0.05, 0) is 19.9 Å². The number of hydrogen-bond donors (Lipinski definition) is 1. The fourth-order valence-corrected chi connectivity index (χ4v) is 2.22. The molecule has 0 saturated heterocycles. The van der Waals surface area contributed by atoms with Gasteiger partial charge in [0.15, 0.2) is 0 Å². The van der Waals surface area contributed by atoms with Crippen LogP contribution in [-0.2, 0) is 6.54 Å². The van der Waals surface area contributed by atoms with Crippen molar-refractivity contribution in [2.45, 2.75) is 44.7 Å². The molecule has 0 amide bonds. The Bertz CT molecular complexity index is 275. The van der Waals surface area contributed by atoms with Crippen LogP contribution in [0.25, 0.3) is 0 Å². The van der Waals surface area contributed by atoms with Crippen LogP contribution in [0.15, 0.2) is 6.33 Å². The first kappa shape index (κ1) is 9.65. The zero-order valence-electron chi connectivity index (χ0n) is 8.74. The van der Waals surface area contributed by atoms with Gasteiger partial charge in [-0.15, -0.1) is 10.2 Å². The number of nitrogens with one attached hydrogen (secondary N) is 1. The van der Waals surface area contributed by atoms with Crippen molar-refractivity contribution in [1.29, 1.82) is 0 Å². The van der Waals surface area contributed by atoms with E-state index >= 15 is 0 Å². The Morgan fingerprint density at radius 2 is 2.21 bits per heavy atom. The van der Waals surface area contributed by atoms with Crippen LogP contribution in [0.2, 0.25) is 0 Å². The fraction of sp³-hybridized carbons (Fsp3) is 0.800. The molecule has 0 spiro atoms. The van der Waals surface area contributed by atoms with Crippen LogP contribution in [-0.4, -0.2) is 21.8 Å². The molecule has 1 fully saturated rings. The maximum Gasteiger partial charge on any atom is 0.147 e. The maximum atomic E-state index is 4.13. The molecule has 0 bridgehead atoms. The lowest BCUT2D eigenvalue weighted by Crippen LogP contribution is -2.18. The Labute approximate surface area is 84.7 Å². The predicted molar refractivity (Wildman–Crippen MR) is 54.9 cm³/mol. The molecule has 1 heterocycles. The molecule has 78 valence electrons. The van der Waals surface area contributed by atoms with Crippen molar-refractivity contribution in [3.8, 4) is 0 Å². The summed E-state index contributed by atoms with van der Waals surface area (Å²) < 4.78 is 2.25. The lowest BCUT2D eigenvalue weighted by Gasteiger charge is -2.23. The summed E-state index contributed by atoms with van der Waals surface area (Å²) in [6, 6.07) is 0.641. The summed E-state index contributed by atoms with van der Waals surface area (Å²) in [7, 11) is 1.94. The Hall–Kier alpha value is -0.900. The lowest BCUT2D eigenvalue weighted by atomic mass is 9.95. The number of aromatic nitrogens is 3. The maximum absolute atomic E-state index is 4.13. The second kappa shape index (κ2) is 4.55. The zero-order valence-corrected chi connectivity index (χ0v) is 8.74. The molecule has 1 aliphatic rings. The molecule has 0 aromatic carbocycles. The molecule has 0 aliphatic heterocycles. The van der Waals surface area contributed by atoms with Crippen molar-refractivity contribution in [1.82, 2.24) is 20.1 Å². The van der Waals surface area contributed by atoms with Crippen LogP contribution in [0.5, 0.6) is 0 Å². The molecule has 1 N–H and O–H groups in total. The van der Waals surface area contributed by atoms with E-state index in [1.807, 2.05) is 13.4 Å². The first-order chi connectivity index (χ1) is 6.92. The smallest absolute Gasteiger partial charge is 0.147 e. The van der Waals surface area contributed by atoms with E-state index in [0.717, 1.165) is 12.4 Å². The molecule has 4 nitrogen and oxygen atoms in total. The van der Waals surface area contributed by atoms with E-state index in [2.05, 4.69) is 20.1 Å². The standard InChI is InChI=1S/C10H18N4/c1-11-7-10-13-12-8-14(10)9-5-3-2-4-6-9/h8-9,11H,2-7H2,1H3. The largest absolute Gasteiger partial charge is 0.313 e. The van der Waals surface area contributed by atoms with Gasteiger partial charge in [0.2, 0.25) is 0 Å². The quantitative estimate of drug-likeness (QED) is 0.793. The predicted octanol–water partition coefficient (Wildman–Crippen LogP) is 1.50. The van der Waals surface area contributed by atoms with Crippen LogP contribution < -0.4 is 5.32 Å². The van der Waals surface area contributed by atoms with Gasteiger partial charge in [-0.2, -0.15) is 0 Å². The minimum absolute atomic E-state index is 0.641. The van der Waals surface area contributed by atoms with Crippen LogP contribution in [0.4, 0.5) is 0 Å². The molecule has 0 unspecified atom stereocenters. The van der Waals surface area contributed by atoms with E-state index in [1.165, 1.54) is 32.1 Å². The number of nitrogens with zero attached hydrogens (tertiary/aromatic N) is 3. The topological polar surface area (TPSA) is 42.7 Å². The Morgan fingerprint density at radius 1 is 1.43 bits per heavy atom. The monoisotopic (exact) mass is 194 g/mol. The van der Waals surface area contributed by atoms with Crippen molar-refractivity contribution >= 4 is 0 Å². The molecule has 2 rings (SSSR count). The molecule has 1 aliphatic carbocycles. The fourth-order valence-electron chi connectivity index (χ4n) is 2.22. The van der Waals surface area contributed by atoms with Gasteiger partial charge in [-0.3, -0.25) is 0 Å². The van der Waals surface area contributed by atoms with Crippen molar-refractivity contribution < 1.29 is 0 Å². The van der Waals surface area contributed by atoms with Crippen molar-refractivity contribution in [3.63, 3.8) is 0 Å². The van der Waals surface area contributed by atoms with Gasteiger partial charge in [0.1, 0.15) is 12.2 Å². The highest BCUT2D eigenvalue weighted by molar-refractivity contribution is 4.89. The van der Waals surface area contributed by atoms with E-state index in [4.69, 9.17) is 0 Å². The van der Waals surface area contributed by atoms with Crippen LogP contribution >= 0.6 is 0 Å². The zero-order chi connectivity index (χ0) is 9.80. The third-order valence-electron chi connectivity index (χ3n) is 2.95. The van der Waals surface area contributed by atoms with Crippen molar-refractivity contribution in [2.75, 3.05) is 7.05 Å². The van der Waals surface area contributed by atoms with E-state index in [1.54, 1.807) is 0 Å². The molecule has 0 atom stereocenters. The van der Waals surface area contributed by atoms with Gasteiger partial charge in [0.25, 0.3) is 0 Å². The second-order valence-electron chi connectivity index (χ2n) is 3.98. The first-order valence-corrected chi connectivity index (χ1v) is 5.45. The van der Waals surface area contributed by atoms with Gasteiger partial charge in [-0.25, -0.2) is 0 Å². The average molecular weight is 194 g/mol. The minimum atomic E-state index is 0.641. The summed E-state index contributed by atoms with van der Waals surface area (Å²) in [4.78, 5) is 0. The van der Waals surface area contributed by atoms with Crippen molar-refractivity contribution in [3.05, 3.63) is 12.2 Å². The molecular formula is C10H18N4. The van der Waals surface area contributed by atoms with Crippen LogP contribution in [0.3, 0.4) is 0 Å². The Kier molecular flexibility index (Phi) is 3.14. The normalized spacial score (nSPS) is 18.6. The number of rotatable bonds is 3. The molecule has 0 radical (unpaired) electrons. The molecular weight excluding hydrogens is 176 g/mol. The summed E-state index contributed by atoms with van der Waals surface area (Å²) in [5, 5.41) is 11.2. The SMILES string of the molecule is CNCc1nncn1C1CCCCC1. The molecule has 14 heavy (non-hydrogen) atoms. The van der Waals surface area contributed by atoms with E-state index < -0.39 is 0 Å². The molecule has 1 saturated carbocycles. The van der Waals surface area contributed by atoms with E-state index in [-0.39, 0.29) is 0 Å². The Balaban J connectivity index is 2.09. The summed E-state index contributed by atoms with van der Waals surface area (Å²) in [6.07, 6.45) is 8.54. The van der Waals surface area contributed by atoms with Gasteiger partial charge in [-0.1, -0.05) is 19.3 Å². The summed E-state index contributed by atoms with van der Waals surface area (Å²) in [5.41, 5.74) is 0.